The SMILES string of the molecule is COc1cccc(CNC(=O)c2ccc(-c3nc(C[S@@](=O)c4ccccc4)c(C)o3)cc2)c1. The molecule has 0 aliphatic rings. The Kier molecular flexibility index (Phi) is 7.00. The van der Waals surface area contributed by atoms with Crippen LogP contribution in [0.2, 0.25) is 0 Å². The first-order valence-corrected chi connectivity index (χ1v) is 11.8. The maximum atomic E-state index is 12.6. The number of benzene rings is 3. The van der Waals surface area contributed by atoms with Crippen LogP contribution >= 0.6 is 0 Å². The van der Waals surface area contributed by atoms with Crippen LogP contribution in [0.15, 0.2) is 88.2 Å². The molecule has 0 spiro atoms. The second-order valence-electron chi connectivity index (χ2n) is 7.44. The first-order valence-electron chi connectivity index (χ1n) is 10.4. The van der Waals surface area contributed by atoms with E-state index in [-0.39, 0.29) is 11.7 Å². The molecular formula is C26H24N2O4S. The van der Waals surface area contributed by atoms with Crippen molar-refractivity contribution in [2.24, 2.45) is 0 Å². The predicted molar refractivity (Wildman–Crippen MR) is 127 cm³/mol. The van der Waals surface area contributed by atoms with Gasteiger partial charge in [0.05, 0.1) is 29.4 Å². The summed E-state index contributed by atoms with van der Waals surface area (Å²) in [5.41, 5.74) is 2.90. The number of hydrogen-bond donors (Lipinski definition) is 1. The lowest BCUT2D eigenvalue weighted by Crippen LogP contribution is -2.22. The van der Waals surface area contributed by atoms with Crippen molar-refractivity contribution in [2.75, 3.05) is 7.11 Å². The van der Waals surface area contributed by atoms with E-state index in [9.17, 15) is 9.00 Å². The number of aromatic nitrogens is 1. The van der Waals surface area contributed by atoms with Gasteiger partial charge in [-0.3, -0.25) is 9.00 Å². The van der Waals surface area contributed by atoms with E-state index in [4.69, 9.17) is 9.15 Å². The standard InChI is InChI=1S/C26H24N2O4S/c1-18-24(17-33(30)23-9-4-3-5-10-23)28-26(32-18)21-13-11-20(12-14-21)25(29)27-16-19-7-6-8-22(15-19)31-2/h3-15H,16-17H2,1-2H3,(H,27,29)/t33-/m1/s1. The molecular weight excluding hydrogens is 436 g/mol. The molecule has 168 valence electrons. The first kappa shape index (κ1) is 22.5. The summed E-state index contributed by atoms with van der Waals surface area (Å²) < 4.78 is 23.6. The van der Waals surface area contributed by atoms with Crippen LogP contribution in [-0.4, -0.2) is 22.2 Å². The van der Waals surface area contributed by atoms with Crippen LogP contribution in [0, 0.1) is 6.92 Å². The Morgan fingerprint density at radius 1 is 1.03 bits per heavy atom. The van der Waals surface area contributed by atoms with Crippen LogP contribution in [0.4, 0.5) is 0 Å². The summed E-state index contributed by atoms with van der Waals surface area (Å²) in [6, 6.07) is 23.9. The number of ether oxygens (including phenoxy) is 1. The highest BCUT2D eigenvalue weighted by Gasteiger charge is 2.15. The molecule has 1 N–H and O–H groups in total. The van der Waals surface area contributed by atoms with E-state index in [1.54, 1.807) is 31.4 Å². The van der Waals surface area contributed by atoms with Crippen molar-refractivity contribution in [3.05, 3.63) is 101 Å². The third-order valence-electron chi connectivity index (χ3n) is 5.15. The fraction of sp³-hybridized carbons (Fsp3) is 0.154. The Bertz CT molecular complexity index is 1270. The summed E-state index contributed by atoms with van der Waals surface area (Å²) >= 11 is 0. The molecule has 7 heteroatoms. The lowest BCUT2D eigenvalue weighted by Gasteiger charge is -2.07. The Balaban J connectivity index is 1.41. The van der Waals surface area contributed by atoms with Gasteiger partial charge < -0.3 is 14.5 Å². The zero-order chi connectivity index (χ0) is 23.2. The number of nitrogens with zero attached hydrogens (tertiary/aromatic N) is 1. The molecule has 4 rings (SSSR count). The van der Waals surface area contributed by atoms with E-state index >= 15 is 0 Å². The molecule has 0 aliphatic heterocycles. The fourth-order valence-corrected chi connectivity index (χ4v) is 4.44. The molecule has 0 saturated heterocycles. The van der Waals surface area contributed by atoms with E-state index < -0.39 is 10.8 Å². The van der Waals surface area contributed by atoms with Gasteiger partial charge in [0.1, 0.15) is 11.5 Å². The van der Waals surface area contributed by atoms with Crippen LogP contribution in [0.25, 0.3) is 11.5 Å². The van der Waals surface area contributed by atoms with Crippen molar-refractivity contribution >= 4 is 16.7 Å². The number of carbonyl (C=O) groups is 1. The van der Waals surface area contributed by atoms with Gasteiger partial charge in [0, 0.05) is 22.6 Å². The van der Waals surface area contributed by atoms with E-state index in [1.807, 2.05) is 61.5 Å². The highest BCUT2D eigenvalue weighted by Crippen LogP contribution is 2.24. The molecule has 3 aromatic carbocycles. The Labute approximate surface area is 195 Å². The molecule has 6 nitrogen and oxygen atoms in total. The van der Waals surface area contributed by atoms with Crippen LogP contribution in [0.1, 0.15) is 27.4 Å². The third kappa shape index (κ3) is 5.56. The summed E-state index contributed by atoms with van der Waals surface area (Å²) in [7, 11) is 0.410. The maximum Gasteiger partial charge on any atom is 0.251 e. The third-order valence-corrected chi connectivity index (χ3v) is 6.48. The minimum absolute atomic E-state index is 0.174. The zero-order valence-electron chi connectivity index (χ0n) is 18.4. The molecule has 4 aromatic rings. The Morgan fingerprint density at radius 2 is 1.79 bits per heavy atom. The molecule has 1 aromatic heterocycles. The van der Waals surface area contributed by atoms with Gasteiger partial charge in [-0.05, 0) is 61.0 Å². The molecule has 0 fully saturated rings. The number of methoxy groups -OCH3 is 1. The summed E-state index contributed by atoms with van der Waals surface area (Å²) in [6.07, 6.45) is 0. The van der Waals surface area contributed by atoms with Crippen LogP contribution in [-0.2, 0) is 23.1 Å². The van der Waals surface area contributed by atoms with Crippen molar-refractivity contribution in [2.45, 2.75) is 24.1 Å². The van der Waals surface area contributed by atoms with Crippen molar-refractivity contribution < 1.29 is 18.2 Å². The average molecular weight is 461 g/mol. The maximum absolute atomic E-state index is 12.6. The topological polar surface area (TPSA) is 81.4 Å². The smallest absolute Gasteiger partial charge is 0.251 e. The average Bonchev–Trinajstić information content (AvgIpc) is 3.23. The Hall–Kier alpha value is -3.71. The lowest BCUT2D eigenvalue weighted by atomic mass is 10.1. The summed E-state index contributed by atoms with van der Waals surface area (Å²) in [5.74, 6) is 1.93. The quantitative estimate of drug-likeness (QED) is 0.405. The van der Waals surface area contributed by atoms with E-state index in [0.29, 0.717) is 29.5 Å². The number of carbonyl (C=O) groups excluding carboxylic acids is 1. The fourth-order valence-electron chi connectivity index (χ4n) is 3.30. The van der Waals surface area contributed by atoms with Gasteiger partial charge in [0.15, 0.2) is 0 Å². The van der Waals surface area contributed by atoms with Crippen molar-refractivity contribution in [3.8, 4) is 17.2 Å². The van der Waals surface area contributed by atoms with Crippen molar-refractivity contribution in [1.29, 1.82) is 0 Å². The molecule has 1 amide bonds. The van der Waals surface area contributed by atoms with E-state index in [2.05, 4.69) is 10.3 Å². The second kappa shape index (κ2) is 10.3. The van der Waals surface area contributed by atoms with Gasteiger partial charge in [0.25, 0.3) is 5.91 Å². The molecule has 0 aliphatic carbocycles. The normalized spacial score (nSPS) is 11.7. The van der Waals surface area contributed by atoms with E-state index in [0.717, 1.165) is 21.8 Å². The van der Waals surface area contributed by atoms with Gasteiger partial charge in [-0.1, -0.05) is 30.3 Å². The lowest BCUT2D eigenvalue weighted by molar-refractivity contribution is 0.0951. The monoisotopic (exact) mass is 460 g/mol. The minimum Gasteiger partial charge on any atom is -0.497 e. The van der Waals surface area contributed by atoms with Gasteiger partial charge >= 0.3 is 0 Å². The molecule has 0 bridgehead atoms. The number of amides is 1. The number of aryl methyl sites for hydroxylation is 1. The van der Waals surface area contributed by atoms with Gasteiger partial charge in [-0.15, -0.1) is 0 Å². The first-order chi connectivity index (χ1) is 16.0. The number of nitrogens with one attached hydrogen (secondary N) is 1. The molecule has 0 saturated carbocycles. The van der Waals surface area contributed by atoms with Crippen molar-refractivity contribution in [3.63, 3.8) is 0 Å². The summed E-state index contributed by atoms with van der Waals surface area (Å²) in [6.45, 7) is 2.22. The van der Waals surface area contributed by atoms with Crippen LogP contribution in [0.3, 0.4) is 0 Å². The number of hydrogen-bond acceptors (Lipinski definition) is 5. The van der Waals surface area contributed by atoms with Gasteiger partial charge in [-0.2, -0.15) is 0 Å². The van der Waals surface area contributed by atoms with Gasteiger partial charge in [-0.25, -0.2) is 4.98 Å². The molecule has 0 unspecified atom stereocenters. The second-order valence-corrected chi connectivity index (χ2v) is 8.89. The number of oxazole rings is 1. The zero-order valence-corrected chi connectivity index (χ0v) is 19.2. The van der Waals surface area contributed by atoms with Crippen molar-refractivity contribution in [1.82, 2.24) is 10.3 Å². The van der Waals surface area contributed by atoms with Crippen LogP contribution < -0.4 is 10.1 Å². The van der Waals surface area contributed by atoms with E-state index in [1.165, 1.54) is 0 Å². The molecule has 1 heterocycles. The molecule has 0 radical (unpaired) electrons. The van der Waals surface area contributed by atoms with Gasteiger partial charge in [0.2, 0.25) is 5.89 Å². The number of rotatable bonds is 8. The molecule has 1 atom stereocenters. The van der Waals surface area contributed by atoms with Crippen LogP contribution in [0.5, 0.6) is 5.75 Å². The largest absolute Gasteiger partial charge is 0.497 e. The summed E-state index contributed by atoms with van der Waals surface area (Å²) in [5, 5.41) is 2.91. The predicted octanol–water partition coefficient (Wildman–Crippen LogP) is 4.90. The highest BCUT2D eigenvalue weighted by atomic mass is 32.2. The minimum atomic E-state index is -1.20. The molecule has 33 heavy (non-hydrogen) atoms. The summed E-state index contributed by atoms with van der Waals surface area (Å²) in [4.78, 5) is 17.8. The highest BCUT2D eigenvalue weighted by molar-refractivity contribution is 7.84. The Morgan fingerprint density at radius 3 is 2.52 bits per heavy atom.